The third kappa shape index (κ3) is 5.97. The summed E-state index contributed by atoms with van der Waals surface area (Å²) in [5.74, 6) is 0.0680. The van der Waals surface area contributed by atoms with Gasteiger partial charge in [0, 0.05) is 32.7 Å². The summed E-state index contributed by atoms with van der Waals surface area (Å²) in [6.45, 7) is 3.10. The average Bonchev–Trinajstić information content (AvgIpc) is 3.69. The maximum atomic E-state index is 12.2. The predicted molar refractivity (Wildman–Crippen MR) is 117 cm³/mol. The Morgan fingerprint density at radius 1 is 0.970 bits per heavy atom. The number of hydrogen-bond donors (Lipinski definition) is 4. The maximum absolute atomic E-state index is 12.2. The molecule has 4 N–H and O–H groups in total. The molecule has 1 aliphatic heterocycles. The fraction of sp³-hybridized carbons (Fsp3) is 0.682. The minimum absolute atomic E-state index is 0.151. The maximum Gasteiger partial charge on any atom is 0.335 e. The molecule has 0 radical (unpaired) electrons. The second kappa shape index (κ2) is 9.22. The van der Waals surface area contributed by atoms with E-state index in [2.05, 4.69) is 15.5 Å². The molecule has 1 aromatic rings. The van der Waals surface area contributed by atoms with Gasteiger partial charge in [-0.15, -0.1) is 10.2 Å². The highest BCUT2D eigenvalue weighted by Gasteiger charge is 2.50. The molecule has 1 aromatic heterocycles. The monoisotopic (exact) mass is 461 g/mol. The van der Waals surface area contributed by atoms with E-state index in [4.69, 9.17) is 10.2 Å². The Morgan fingerprint density at radius 3 is 2.06 bits per heavy atom. The van der Waals surface area contributed by atoms with Gasteiger partial charge in [0.25, 0.3) is 11.8 Å². The van der Waals surface area contributed by atoms with Crippen molar-refractivity contribution in [2.75, 3.05) is 37.6 Å². The fourth-order valence-electron chi connectivity index (χ4n) is 3.60. The molecule has 0 aromatic carbocycles. The van der Waals surface area contributed by atoms with E-state index in [0.29, 0.717) is 69.9 Å². The highest BCUT2D eigenvalue weighted by Crippen LogP contribution is 2.37. The van der Waals surface area contributed by atoms with E-state index in [-0.39, 0.29) is 11.8 Å². The summed E-state index contributed by atoms with van der Waals surface area (Å²) in [6.07, 6.45) is 5.58. The first-order valence-electron chi connectivity index (χ1n) is 11.5. The van der Waals surface area contributed by atoms with Gasteiger partial charge >= 0.3 is 5.97 Å². The van der Waals surface area contributed by atoms with Crippen molar-refractivity contribution in [1.82, 2.24) is 20.4 Å². The summed E-state index contributed by atoms with van der Waals surface area (Å²) in [7, 11) is 0. The van der Waals surface area contributed by atoms with Crippen LogP contribution < -0.4 is 10.2 Å². The minimum atomic E-state index is -1.33. The van der Waals surface area contributed by atoms with Crippen molar-refractivity contribution in [2.45, 2.75) is 56.1 Å². The van der Waals surface area contributed by atoms with Crippen molar-refractivity contribution in [2.24, 2.45) is 5.92 Å². The lowest BCUT2D eigenvalue weighted by molar-refractivity contribution is -0.149. The van der Waals surface area contributed by atoms with Crippen molar-refractivity contribution in [3.8, 4) is 0 Å². The number of amides is 2. The van der Waals surface area contributed by atoms with Crippen LogP contribution in [0.3, 0.4) is 0 Å². The molecule has 5 rings (SSSR count). The van der Waals surface area contributed by atoms with E-state index >= 15 is 0 Å². The third-order valence-electron chi connectivity index (χ3n) is 6.55. The number of piperazine rings is 1. The van der Waals surface area contributed by atoms with E-state index < -0.39 is 17.2 Å². The zero-order valence-electron chi connectivity index (χ0n) is 18.6. The molecule has 4 fully saturated rings. The Balaban J connectivity index is 0.000000318. The van der Waals surface area contributed by atoms with Crippen molar-refractivity contribution in [3.05, 3.63) is 17.8 Å². The van der Waals surface area contributed by atoms with Crippen LogP contribution in [0.5, 0.6) is 0 Å². The molecule has 1 saturated heterocycles. The Labute approximate surface area is 191 Å². The number of carboxylic acid groups (broad SMARTS) is 1. The van der Waals surface area contributed by atoms with E-state index in [1.807, 2.05) is 4.90 Å². The first kappa shape index (κ1) is 23.4. The van der Waals surface area contributed by atoms with E-state index in [1.165, 1.54) is 12.8 Å². The van der Waals surface area contributed by atoms with Gasteiger partial charge in [-0.2, -0.15) is 0 Å². The summed E-state index contributed by atoms with van der Waals surface area (Å²) >= 11 is 0. The standard InChI is InChI=1S/C18H25N5O3.C4H6O3/c24-16(19-8-5-13-1-2-13)14-3-4-15(21-20-14)22-9-11-23(12-10-22)17(25)18(26)6-7-18;5-3(6)4(7)1-2-4/h3-4,13,26H,1-2,5-12H2,(H,19,24);7H,1-2H2,(H,5,6). The summed E-state index contributed by atoms with van der Waals surface area (Å²) in [5.41, 5.74) is -2.11. The van der Waals surface area contributed by atoms with Crippen LogP contribution in [0.1, 0.15) is 55.4 Å². The first-order chi connectivity index (χ1) is 15.7. The SMILES string of the molecule is O=C(NCCC1CC1)c1ccc(N2CCN(C(=O)C3(O)CC3)CC2)nn1.O=C(O)C1(O)CC1. The molecule has 0 spiro atoms. The second-order valence-corrected chi connectivity index (χ2v) is 9.41. The van der Waals surface area contributed by atoms with Crippen molar-refractivity contribution >= 4 is 23.6 Å². The Hall–Kier alpha value is -2.79. The number of aliphatic carboxylic acids is 1. The van der Waals surface area contributed by atoms with Gasteiger partial charge in [-0.05, 0) is 50.2 Å². The number of hydrogen-bond acceptors (Lipinski definition) is 8. The Morgan fingerprint density at radius 2 is 1.61 bits per heavy atom. The van der Waals surface area contributed by atoms with Gasteiger partial charge < -0.3 is 30.4 Å². The third-order valence-corrected chi connectivity index (χ3v) is 6.55. The number of aromatic nitrogens is 2. The highest BCUT2D eigenvalue weighted by atomic mass is 16.4. The molecule has 11 nitrogen and oxygen atoms in total. The number of carbonyl (C=O) groups excluding carboxylic acids is 2. The smallest absolute Gasteiger partial charge is 0.335 e. The normalized spacial score (nSPS) is 22.0. The molecular formula is C22H31N5O6. The van der Waals surface area contributed by atoms with Gasteiger partial charge in [-0.1, -0.05) is 12.8 Å². The molecule has 180 valence electrons. The van der Waals surface area contributed by atoms with E-state index in [0.717, 1.165) is 12.3 Å². The number of carbonyl (C=O) groups is 3. The molecule has 0 atom stereocenters. The molecule has 3 aliphatic carbocycles. The lowest BCUT2D eigenvalue weighted by Crippen LogP contribution is -2.52. The minimum Gasteiger partial charge on any atom is -0.479 e. The largest absolute Gasteiger partial charge is 0.479 e. The van der Waals surface area contributed by atoms with Crippen LogP contribution in [0.2, 0.25) is 0 Å². The summed E-state index contributed by atoms with van der Waals surface area (Å²) in [5, 5.41) is 37.7. The molecule has 2 heterocycles. The molecular weight excluding hydrogens is 430 g/mol. The lowest BCUT2D eigenvalue weighted by Gasteiger charge is -2.36. The van der Waals surface area contributed by atoms with Crippen LogP contribution in [-0.4, -0.2) is 92.1 Å². The van der Waals surface area contributed by atoms with Crippen LogP contribution >= 0.6 is 0 Å². The van der Waals surface area contributed by atoms with Gasteiger partial charge in [0.15, 0.2) is 17.1 Å². The average molecular weight is 462 g/mol. The van der Waals surface area contributed by atoms with E-state index in [9.17, 15) is 19.5 Å². The van der Waals surface area contributed by atoms with Crippen LogP contribution in [-0.2, 0) is 9.59 Å². The van der Waals surface area contributed by atoms with Gasteiger partial charge in [0.1, 0.15) is 5.60 Å². The number of rotatable bonds is 7. The first-order valence-corrected chi connectivity index (χ1v) is 11.5. The van der Waals surface area contributed by atoms with Crippen LogP contribution in [0.4, 0.5) is 5.82 Å². The molecule has 33 heavy (non-hydrogen) atoms. The molecule has 0 unspecified atom stereocenters. The predicted octanol–water partition coefficient (Wildman–Crippen LogP) is -0.224. The van der Waals surface area contributed by atoms with Crippen molar-refractivity contribution in [1.29, 1.82) is 0 Å². The van der Waals surface area contributed by atoms with E-state index in [1.54, 1.807) is 17.0 Å². The number of nitrogens with one attached hydrogen (secondary N) is 1. The number of carboxylic acids is 1. The van der Waals surface area contributed by atoms with Crippen LogP contribution in [0, 0.1) is 5.92 Å². The molecule has 2 amide bonds. The molecule has 4 aliphatic rings. The lowest BCUT2D eigenvalue weighted by atomic mass is 10.2. The molecule has 0 bridgehead atoms. The van der Waals surface area contributed by atoms with Gasteiger partial charge in [0.05, 0.1) is 0 Å². The van der Waals surface area contributed by atoms with Gasteiger partial charge in [0.2, 0.25) is 0 Å². The van der Waals surface area contributed by atoms with Gasteiger partial charge in [-0.3, -0.25) is 9.59 Å². The summed E-state index contributed by atoms with van der Waals surface area (Å²) < 4.78 is 0. The van der Waals surface area contributed by atoms with Crippen molar-refractivity contribution < 1.29 is 29.7 Å². The quantitative estimate of drug-likeness (QED) is 0.431. The van der Waals surface area contributed by atoms with Crippen molar-refractivity contribution in [3.63, 3.8) is 0 Å². The molecule has 11 heteroatoms. The fourth-order valence-corrected chi connectivity index (χ4v) is 3.60. The molecule has 3 saturated carbocycles. The number of aliphatic hydroxyl groups is 2. The number of nitrogens with zero attached hydrogens (tertiary/aromatic N) is 4. The Kier molecular flexibility index (Phi) is 6.53. The number of anilines is 1. The highest BCUT2D eigenvalue weighted by molar-refractivity contribution is 5.92. The summed E-state index contributed by atoms with van der Waals surface area (Å²) in [4.78, 5) is 37.8. The Bertz CT molecular complexity index is 887. The van der Waals surface area contributed by atoms with Crippen LogP contribution in [0.25, 0.3) is 0 Å². The second-order valence-electron chi connectivity index (χ2n) is 9.41. The van der Waals surface area contributed by atoms with Gasteiger partial charge in [-0.25, -0.2) is 4.79 Å². The summed E-state index contributed by atoms with van der Waals surface area (Å²) in [6, 6.07) is 3.49. The topological polar surface area (TPSA) is 156 Å². The van der Waals surface area contributed by atoms with Crippen LogP contribution in [0.15, 0.2) is 12.1 Å². The zero-order chi connectivity index (χ0) is 23.6. The zero-order valence-corrected chi connectivity index (χ0v) is 18.6.